The van der Waals surface area contributed by atoms with Gasteiger partial charge >= 0.3 is 5.52 Å². The van der Waals surface area contributed by atoms with Crippen LogP contribution in [0.1, 0.15) is 0 Å². The SMILES string of the molecule is Cl[Si](Cl)(Cl)[Si](c1ccccc1)(c1ccccc1)c1ccccc1. The van der Waals surface area contributed by atoms with Crippen molar-refractivity contribution in [2.24, 2.45) is 0 Å². The van der Waals surface area contributed by atoms with Crippen molar-refractivity contribution in [3.8, 4) is 0 Å². The molecule has 0 atom stereocenters. The lowest BCUT2D eigenvalue weighted by atomic mass is 10.3. The van der Waals surface area contributed by atoms with E-state index in [2.05, 4.69) is 36.4 Å². The van der Waals surface area contributed by atoms with Crippen LogP contribution in [0.25, 0.3) is 0 Å². The van der Waals surface area contributed by atoms with E-state index in [-0.39, 0.29) is 0 Å². The normalized spacial score (nSPS) is 12.1. The van der Waals surface area contributed by atoms with E-state index in [9.17, 15) is 0 Å². The van der Waals surface area contributed by atoms with E-state index in [1.807, 2.05) is 54.6 Å². The lowest BCUT2D eigenvalue weighted by Crippen LogP contribution is -2.77. The highest BCUT2D eigenvalue weighted by atomic mass is 35.8. The first kappa shape index (κ1) is 16.8. The highest BCUT2D eigenvalue weighted by molar-refractivity contribution is 7.94. The van der Waals surface area contributed by atoms with Crippen molar-refractivity contribution in [1.29, 1.82) is 0 Å². The predicted molar refractivity (Wildman–Crippen MR) is 107 cm³/mol. The summed E-state index contributed by atoms with van der Waals surface area (Å²) in [7, 11) is -2.69. The second-order valence-corrected chi connectivity index (χ2v) is 23.8. The van der Waals surface area contributed by atoms with Crippen molar-refractivity contribution < 1.29 is 0 Å². The van der Waals surface area contributed by atoms with E-state index < -0.39 is 13.1 Å². The van der Waals surface area contributed by atoms with Crippen LogP contribution in [0.5, 0.6) is 0 Å². The largest absolute Gasteiger partial charge is 0.339 e. The fraction of sp³-hybridized carbons (Fsp3) is 0. The molecule has 0 aliphatic rings. The molecule has 0 aliphatic carbocycles. The fourth-order valence-corrected chi connectivity index (χ4v) is 20.4. The average Bonchev–Trinajstić information content (AvgIpc) is 2.57. The molecule has 0 nitrogen and oxygen atoms in total. The molecule has 0 aliphatic heterocycles. The second kappa shape index (κ2) is 6.83. The Kier molecular flexibility index (Phi) is 4.99. The van der Waals surface area contributed by atoms with Crippen LogP contribution in [0.4, 0.5) is 0 Å². The molecule has 0 saturated carbocycles. The molecular formula is C18H15Cl3Si2. The molecule has 3 aromatic rings. The van der Waals surface area contributed by atoms with E-state index in [0.29, 0.717) is 0 Å². The third kappa shape index (κ3) is 3.02. The smallest absolute Gasteiger partial charge is 0.128 e. The van der Waals surface area contributed by atoms with Crippen LogP contribution in [0, 0.1) is 0 Å². The van der Waals surface area contributed by atoms with Gasteiger partial charge in [0, 0.05) is 0 Å². The lowest BCUT2D eigenvalue weighted by molar-refractivity contribution is 1.70. The number of hydrogen-bond acceptors (Lipinski definition) is 0. The predicted octanol–water partition coefficient (Wildman–Crippen LogP) is 3.89. The van der Waals surface area contributed by atoms with Gasteiger partial charge in [-0.05, 0) is 15.6 Å². The zero-order valence-corrected chi connectivity index (χ0v) is 16.6. The van der Waals surface area contributed by atoms with Gasteiger partial charge in [0.15, 0.2) is 7.59 Å². The van der Waals surface area contributed by atoms with Crippen LogP contribution < -0.4 is 15.6 Å². The summed E-state index contributed by atoms with van der Waals surface area (Å²) in [5, 5.41) is 3.43. The summed E-state index contributed by atoms with van der Waals surface area (Å²) in [6.07, 6.45) is 0. The minimum atomic E-state index is -3.10. The topological polar surface area (TPSA) is 0 Å². The first-order valence-corrected chi connectivity index (χ1v) is 15.3. The Hall–Kier alpha value is -1.04. The molecular weight excluding hydrogens is 379 g/mol. The molecule has 0 amide bonds. The van der Waals surface area contributed by atoms with Gasteiger partial charge in [-0.15, -0.1) is 33.2 Å². The maximum atomic E-state index is 6.79. The van der Waals surface area contributed by atoms with Gasteiger partial charge in [-0.1, -0.05) is 91.0 Å². The number of benzene rings is 3. The van der Waals surface area contributed by atoms with E-state index in [1.165, 1.54) is 0 Å². The van der Waals surface area contributed by atoms with Crippen LogP contribution in [0.3, 0.4) is 0 Å². The van der Waals surface area contributed by atoms with Crippen molar-refractivity contribution in [2.75, 3.05) is 0 Å². The average molecular weight is 394 g/mol. The summed E-state index contributed by atoms with van der Waals surface area (Å²) < 4.78 is 0. The Morgan fingerprint density at radius 1 is 0.435 bits per heavy atom. The van der Waals surface area contributed by atoms with Crippen LogP contribution in [-0.2, 0) is 0 Å². The molecule has 5 heteroatoms. The number of hydrogen-bond donors (Lipinski definition) is 0. The molecule has 3 rings (SSSR count). The zero-order valence-electron chi connectivity index (χ0n) is 12.3. The summed E-state index contributed by atoms with van der Waals surface area (Å²) in [4.78, 5) is 0. The van der Waals surface area contributed by atoms with Crippen molar-refractivity contribution >= 4 is 61.9 Å². The third-order valence-corrected chi connectivity index (χ3v) is 21.3. The highest BCUT2D eigenvalue weighted by Gasteiger charge is 2.57. The monoisotopic (exact) mass is 392 g/mol. The van der Waals surface area contributed by atoms with Gasteiger partial charge in [-0.25, -0.2) is 0 Å². The summed E-state index contributed by atoms with van der Waals surface area (Å²) in [6.45, 7) is 0. The molecule has 0 bridgehead atoms. The second-order valence-electron chi connectivity index (χ2n) is 5.35. The van der Waals surface area contributed by atoms with Crippen LogP contribution in [0.2, 0.25) is 0 Å². The Labute approximate surface area is 152 Å². The summed E-state index contributed by atoms with van der Waals surface area (Å²) in [6, 6.07) is 30.7. The van der Waals surface area contributed by atoms with E-state index in [0.717, 1.165) is 15.6 Å². The summed E-state index contributed by atoms with van der Waals surface area (Å²) in [5.74, 6) is 0. The molecule has 23 heavy (non-hydrogen) atoms. The molecule has 0 fully saturated rings. The zero-order chi connectivity index (χ0) is 16.3. The standard InChI is InChI=1S/C18H15Cl3Si2/c19-23(20,21)22(16-10-4-1-5-11-16,17-12-6-2-7-13-17)18-14-8-3-9-15-18/h1-15H. The van der Waals surface area contributed by atoms with Crippen molar-refractivity contribution in [1.82, 2.24) is 0 Å². The van der Waals surface area contributed by atoms with Crippen molar-refractivity contribution in [2.45, 2.75) is 0 Å². The quantitative estimate of drug-likeness (QED) is 0.358. The van der Waals surface area contributed by atoms with Gasteiger partial charge in [0.05, 0.1) is 0 Å². The minimum Gasteiger partial charge on any atom is -0.128 e. The van der Waals surface area contributed by atoms with Gasteiger partial charge in [-0.3, -0.25) is 0 Å². The van der Waals surface area contributed by atoms with Gasteiger partial charge < -0.3 is 0 Å². The number of halogens is 3. The first-order chi connectivity index (χ1) is 11.1. The molecule has 0 unspecified atom stereocenters. The lowest BCUT2D eigenvalue weighted by Gasteiger charge is -2.37. The highest BCUT2D eigenvalue weighted by Crippen LogP contribution is 2.31. The minimum absolute atomic E-state index is 1.14. The fourth-order valence-electron chi connectivity index (χ4n) is 3.06. The maximum Gasteiger partial charge on any atom is 0.339 e. The summed E-state index contributed by atoms with van der Waals surface area (Å²) in [5.41, 5.74) is -3.10. The van der Waals surface area contributed by atoms with E-state index >= 15 is 0 Å². The number of rotatable bonds is 4. The Morgan fingerprint density at radius 2 is 0.696 bits per heavy atom. The van der Waals surface area contributed by atoms with Gasteiger partial charge in [-0.2, -0.15) is 0 Å². The molecule has 0 heterocycles. The molecule has 3 aromatic carbocycles. The first-order valence-electron chi connectivity index (χ1n) is 7.30. The molecule has 116 valence electrons. The van der Waals surface area contributed by atoms with Gasteiger partial charge in [0.1, 0.15) is 0 Å². The molecule has 0 N–H and O–H groups in total. The van der Waals surface area contributed by atoms with Crippen LogP contribution in [-0.4, -0.2) is 13.1 Å². The molecule has 0 aromatic heterocycles. The van der Waals surface area contributed by atoms with Crippen molar-refractivity contribution in [3.05, 3.63) is 91.0 Å². The Bertz CT molecular complexity index is 660. The Balaban J connectivity index is 2.41. The van der Waals surface area contributed by atoms with Crippen LogP contribution >= 0.6 is 33.2 Å². The molecule has 0 radical (unpaired) electrons. The summed E-state index contributed by atoms with van der Waals surface area (Å²) >= 11 is 20.4. The molecule has 0 saturated heterocycles. The van der Waals surface area contributed by atoms with Crippen molar-refractivity contribution in [3.63, 3.8) is 0 Å². The third-order valence-electron chi connectivity index (χ3n) is 4.05. The van der Waals surface area contributed by atoms with Gasteiger partial charge in [0.25, 0.3) is 0 Å². The molecule has 0 spiro atoms. The van der Waals surface area contributed by atoms with Gasteiger partial charge in [0.2, 0.25) is 0 Å². The van der Waals surface area contributed by atoms with Crippen LogP contribution in [0.15, 0.2) is 91.0 Å². The van der Waals surface area contributed by atoms with E-state index in [4.69, 9.17) is 33.2 Å². The maximum absolute atomic E-state index is 6.79. The Morgan fingerprint density at radius 3 is 0.913 bits per heavy atom. The van der Waals surface area contributed by atoms with E-state index in [1.54, 1.807) is 0 Å².